The Morgan fingerprint density at radius 1 is 1.41 bits per heavy atom. The molecule has 2 rings (SSSR count). The average molecular weight is 290 g/mol. The van der Waals surface area contributed by atoms with E-state index < -0.39 is 0 Å². The summed E-state index contributed by atoms with van der Waals surface area (Å²) in [4.78, 5) is 4.53. The van der Waals surface area contributed by atoms with Crippen LogP contribution in [0.4, 0.5) is 0 Å². The molecule has 2 aromatic rings. The van der Waals surface area contributed by atoms with Gasteiger partial charge in [-0.25, -0.2) is 4.98 Å². The van der Waals surface area contributed by atoms with Crippen molar-refractivity contribution in [3.63, 3.8) is 0 Å². The van der Waals surface area contributed by atoms with Crippen molar-refractivity contribution in [2.24, 2.45) is 12.8 Å². The van der Waals surface area contributed by atoms with E-state index in [4.69, 9.17) is 28.9 Å². The Balaban J connectivity index is 2.49. The molecule has 1 aromatic heterocycles. The molecular formula is C11H13Cl2N3S. The summed E-state index contributed by atoms with van der Waals surface area (Å²) < 4.78 is 2.01. The molecule has 0 aliphatic rings. The van der Waals surface area contributed by atoms with Gasteiger partial charge in [-0.2, -0.15) is 0 Å². The van der Waals surface area contributed by atoms with Gasteiger partial charge in [0.1, 0.15) is 0 Å². The Morgan fingerprint density at radius 2 is 2.06 bits per heavy atom. The van der Waals surface area contributed by atoms with Crippen molar-refractivity contribution in [1.29, 1.82) is 0 Å². The van der Waals surface area contributed by atoms with E-state index in [9.17, 15) is 0 Å². The van der Waals surface area contributed by atoms with E-state index in [0.29, 0.717) is 21.8 Å². The Labute approximate surface area is 114 Å². The first-order valence-corrected chi connectivity index (χ1v) is 6.84. The summed E-state index contributed by atoms with van der Waals surface area (Å²) in [5, 5.41) is 2.33. The fraction of sp³-hybridized carbons (Fsp3) is 0.364. The molecule has 1 heterocycles. The van der Waals surface area contributed by atoms with Crippen LogP contribution in [0, 0.1) is 0 Å². The smallest absolute Gasteiger partial charge is 0.169 e. The van der Waals surface area contributed by atoms with Crippen LogP contribution in [0.3, 0.4) is 0 Å². The minimum atomic E-state index is 0.330. The molecule has 0 bridgehead atoms. The molecule has 1 atom stereocenters. The standard InChI is InChI=1S/C11H13Cl2N3S/c1-6(5-14)17-11-15-9-3-7(12)8(13)4-10(9)16(11)2/h3-4,6H,5,14H2,1-2H3. The molecule has 0 aliphatic heterocycles. The molecule has 0 radical (unpaired) electrons. The van der Waals surface area contributed by atoms with E-state index in [1.54, 1.807) is 17.8 Å². The van der Waals surface area contributed by atoms with E-state index in [1.807, 2.05) is 17.7 Å². The van der Waals surface area contributed by atoms with Gasteiger partial charge >= 0.3 is 0 Å². The third kappa shape index (κ3) is 2.55. The lowest BCUT2D eigenvalue weighted by molar-refractivity contribution is 0.807. The summed E-state index contributed by atoms with van der Waals surface area (Å²) in [5.74, 6) is 0. The van der Waals surface area contributed by atoms with Crippen LogP contribution in [0.2, 0.25) is 10.0 Å². The highest BCUT2D eigenvalue weighted by Crippen LogP contribution is 2.31. The number of fused-ring (bicyclic) bond motifs is 1. The highest BCUT2D eigenvalue weighted by molar-refractivity contribution is 7.99. The van der Waals surface area contributed by atoms with Crippen molar-refractivity contribution in [1.82, 2.24) is 9.55 Å². The van der Waals surface area contributed by atoms with Crippen LogP contribution >= 0.6 is 35.0 Å². The number of aryl methyl sites for hydroxylation is 1. The minimum absolute atomic E-state index is 0.330. The van der Waals surface area contributed by atoms with Crippen LogP contribution in [0.1, 0.15) is 6.92 Å². The van der Waals surface area contributed by atoms with Crippen molar-refractivity contribution >= 4 is 46.0 Å². The Hall–Kier alpha value is -0.420. The topological polar surface area (TPSA) is 43.8 Å². The maximum absolute atomic E-state index is 6.00. The Bertz CT molecular complexity index is 553. The molecule has 0 saturated carbocycles. The van der Waals surface area contributed by atoms with Gasteiger partial charge in [-0.15, -0.1) is 0 Å². The third-order valence-corrected chi connectivity index (χ3v) is 4.41. The number of imidazole rings is 1. The van der Waals surface area contributed by atoms with Crippen molar-refractivity contribution in [3.8, 4) is 0 Å². The molecule has 92 valence electrons. The predicted molar refractivity (Wildman–Crippen MR) is 75.1 cm³/mol. The quantitative estimate of drug-likeness (QED) is 0.882. The van der Waals surface area contributed by atoms with E-state index in [2.05, 4.69) is 11.9 Å². The van der Waals surface area contributed by atoms with Crippen LogP contribution in [0.25, 0.3) is 11.0 Å². The van der Waals surface area contributed by atoms with Gasteiger partial charge in [-0.05, 0) is 12.1 Å². The number of benzene rings is 1. The van der Waals surface area contributed by atoms with Gasteiger partial charge in [0.05, 0.1) is 21.1 Å². The Morgan fingerprint density at radius 3 is 2.71 bits per heavy atom. The lowest BCUT2D eigenvalue weighted by Crippen LogP contribution is -2.13. The van der Waals surface area contributed by atoms with Crippen LogP contribution in [-0.4, -0.2) is 21.3 Å². The maximum Gasteiger partial charge on any atom is 0.169 e. The predicted octanol–water partition coefficient (Wildman–Crippen LogP) is 3.32. The number of rotatable bonds is 3. The summed E-state index contributed by atoms with van der Waals surface area (Å²) in [6.45, 7) is 2.69. The van der Waals surface area contributed by atoms with E-state index >= 15 is 0 Å². The maximum atomic E-state index is 6.00. The van der Waals surface area contributed by atoms with Crippen LogP contribution in [-0.2, 0) is 7.05 Å². The second-order valence-corrected chi connectivity index (χ2v) is 6.09. The molecule has 17 heavy (non-hydrogen) atoms. The number of aromatic nitrogens is 2. The number of halogens is 2. The van der Waals surface area contributed by atoms with Crippen LogP contribution in [0.5, 0.6) is 0 Å². The van der Waals surface area contributed by atoms with Crippen LogP contribution < -0.4 is 5.73 Å². The lowest BCUT2D eigenvalue weighted by atomic mass is 10.3. The highest BCUT2D eigenvalue weighted by Gasteiger charge is 2.13. The van der Waals surface area contributed by atoms with Gasteiger partial charge in [0.2, 0.25) is 0 Å². The molecule has 0 saturated heterocycles. The molecule has 0 spiro atoms. The normalized spacial score (nSPS) is 13.2. The zero-order valence-corrected chi connectivity index (χ0v) is 11.9. The van der Waals surface area contributed by atoms with E-state index in [-0.39, 0.29) is 0 Å². The fourth-order valence-electron chi connectivity index (χ4n) is 1.50. The molecule has 0 amide bonds. The second-order valence-electron chi connectivity index (χ2n) is 3.87. The van der Waals surface area contributed by atoms with Gasteiger partial charge in [0.25, 0.3) is 0 Å². The number of thioether (sulfide) groups is 1. The highest BCUT2D eigenvalue weighted by atomic mass is 35.5. The number of nitrogens with two attached hydrogens (primary N) is 1. The number of hydrogen-bond acceptors (Lipinski definition) is 3. The lowest BCUT2D eigenvalue weighted by Gasteiger charge is -2.07. The molecule has 6 heteroatoms. The first kappa shape index (κ1) is 13.0. The van der Waals surface area contributed by atoms with E-state index in [0.717, 1.165) is 16.2 Å². The van der Waals surface area contributed by atoms with Crippen molar-refractivity contribution in [3.05, 3.63) is 22.2 Å². The van der Waals surface area contributed by atoms with Gasteiger partial charge in [0, 0.05) is 18.8 Å². The molecule has 0 fully saturated rings. The van der Waals surface area contributed by atoms with Gasteiger partial charge < -0.3 is 10.3 Å². The van der Waals surface area contributed by atoms with Crippen molar-refractivity contribution < 1.29 is 0 Å². The second kappa shape index (κ2) is 5.06. The number of nitrogens with zero attached hydrogens (tertiary/aromatic N) is 2. The monoisotopic (exact) mass is 289 g/mol. The summed E-state index contributed by atoms with van der Waals surface area (Å²) >= 11 is 13.6. The SMILES string of the molecule is CC(CN)Sc1nc2cc(Cl)c(Cl)cc2n1C. The summed E-state index contributed by atoms with van der Waals surface area (Å²) in [6.07, 6.45) is 0. The largest absolute Gasteiger partial charge is 0.329 e. The zero-order valence-electron chi connectivity index (χ0n) is 9.58. The zero-order chi connectivity index (χ0) is 12.6. The molecular weight excluding hydrogens is 277 g/mol. The number of hydrogen-bond donors (Lipinski definition) is 1. The third-order valence-electron chi connectivity index (χ3n) is 2.52. The molecule has 2 N–H and O–H groups in total. The molecule has 0 aliphatic carbocycles. The summed E-state index contributed by atoms with van der Waals surface area (Å²) in [6, 6.07) is 3.62. The summed E-state index contributed by atoms with van der Waals surface area (Å²) in [7, 11) is 1.96. The van der Waals surface area contributed by atoms with Crippen molar-refractivity contribution in [2.75, 3.05) is 6.54 Å². The van der Waals surface area contributed by atoms with Gasteiger partial charge in [-0.3, -0.25) is 0 Å². The molecule has 1 unspecified atom stereocenters. The van der Waals surface area contributed by atoms with Crippen molar-refractivity contribution in [2.45, 2.75) is 17.3 Å². The molecule has 3 nitrogen and oxygen atoms in total. The van der Waals surface area contributed by atoms with Crippen LogP contribution in [0.15, 0.2) is 17.3 Å². The summed E-state index contributed by atoms with van der Waals surface area (Å²) in [5.41, 5.74) is 7.45. The average Bonchev–Trinajstić information content (AvgIpc) is 2.57. The first-order chi connectivity index (χ1) is 8.02. The Kier molecular flexibility index (Phi) is 3.88. The van der Waals surface area contributed by atoms with E-state index in [1.165, 1.54) is 0 Å². The van der Waals surface area contributed by atoms with Gasteiger partial charge in [-0.1, -0.05) is 41.9 Å². The van der Waals surface area contributed by atoms with Gasteiger partial charge in [0.15, 0.2) is 5.16 Å². The minimum Gasteiger partial charge on any atom is -0.329 e. The first-order valence-electron chi connectivity index (χ1n) is 5.21. The fourth-order valence-corrected chi connectivity index (χ4v) is 2.68. The molecule has 1 aromatic carbocycles.